The van der Waals surface area contributed by atoms with Crippen molar-refractivity contribution in [2.75, 3.05) is 0 Å². The Morgan fingerprint density at radius 1 is 1.71 bits per heavy atom. The van der Waals surface area contributed by atoms with Gasteiger partial charge in [-0.15, -0.1) is 0 Å². The summed E-state index contributed by atoms with van der Waals surface area (Å²) in [4.78, 5) is 3.64. The van der Waals surface area contributed by atoms with Crippen LogP contribution in [0.1, 0.15) is 20.3 Å². The van der Waals surface area contributed by atoms with Crippen molar-refractivity contribution >= 4 is 0 Å². The van der Waals surface area contributed by atoms with Crippen molar-refractivity contribution in [2.45, 2.75) is 26.1 Å². The van der Waals surface area contributed by atoms with Crippen LogP contribution in [0.25, 0.3) is 0 Å². The van der Waals surface area contributed by atoms with Crippen molar-refractivity contribution in [3.05, 3.63) is 0 Å². The van der Waals surface area contributed by atoms with E-state index in [0.717, 1.165) is 0 Å². The van der Waals surface area contributed by atoms with Crippen LogP contribution in [0, 0.1) is 0 Å². The van der Waals surface area contributed by atoms with Crippen molar-refractivity contribution < 1.29 is 15.3 Å². The summed E-state index contributed by atoms with van der Waals surface area (Å²) >= 11 is 0. The molecule has 0 aromatic heterocycles. The van der Waals surface area contributed by atoms with E-state index in [1.165, 1.54) is 6.92 Å². The standard InChI is InChI=1S/C4H10O3/c1-3-4(2,5)7-6/h5-6H,3H2,1-2H3. The van der Waals surface area contributed by atoms with Crippen LogP contribution in [-0.4, -0.2) is 16.2 Å². The van der Waals surface area contributed by atoms with E-state index in [1.54, 1.807) is 6.92 Å². The minimum Gasteiger partial charge on any atom is -0.363 e. The highest BCUT2D eigenvalue weighted by Crippen LogP contribution is 2.06. The lowest BCUT2D eigenvalue weighted by Crippen LogP contribution is -2.24. The Kier molecular flexibility index (Phi) is 2.22. The van der Waals surface area contributed by atoms with Crippen LogP contribution >= 0.6 is 0 Å². The zero-order valence-corrected chi connectivity index (χ0v) is 4.51. The van der Waals surface area contributed by atoms with Crippen molar-refractivity contribution in [3.8, 4) is 0 Å². The predicted molar refractivity (Wildman–Crippen MR) is 24.6 cm³/mol. The monoisotopic (exact) mass is 106 g/mol. The first-order chi connectivity index (χ1) is 3.12. The topological polar surface area (TPSA) is 49.7 Å². The molecule has 0 fully saturated rings. The van der Waals surface area contributed by atoms with Crippen molar-refractivity contribution in [1.82, 2.24) is 0 Å². The fourth-order valence-electron chi connectivity index (χ4n) is 0.0645. The summed E-state index contributed by atoms with van der Waals surface area (Å²) in [6.45, 7) is 3.09. The molecule has 0 aliphatic rings. The molecule has 7 heavy (non-hydrogen) atoms. The molecule has 0 radical (unpaired) electrons. The fourth-order valence-corrected chi connectivity index (χ4v) is 0.0645. The first kappa shape index (κ1) is 6.88. The Balaban J connectivity index is 3.36. The van der Waals surface area contributed by atoms with E-state index < -0.39 is 5.79 Å². The molecule has 0 spiro atoms. The molecule has 0 aliphatic carbocycles. The van der Waals surface area contributed by atoms with Crippen LogP contribution < -0.4 is 0 Å². The Morgan fingerprint density at radius 2 is 2.14 bits per heavy atom. The van der Waals surface area contributed by atoms with Gasteiger partial charge in [0.25, 0.3) is 0 Å². The number of hydrogen-bond donors (Lipinski definition) is 2. The second-order valence-corrected chi connectivity index (χ2v) is 1.62. The third kappa shape index (κ3) is 2.56. The lowest BCUT2D eigenvalue weighted by Gasteiger charge is -2.14. The van der Waals surface area contributed by atoms with E-state index in [9.17, 15) is 0 Å². The highest BCUT2D eigenvalue weighted by Gasteiger charge is 2.16. The molecule has 0 bridgehead atoms. The van der Waals surface area contributed by atoms with Gasteiger partial charge in [0.1, 0.15) is 0 Å². The molecule has 0 saturated carbocycles. The average molecular weight is 106 g/mol. The van der Waals surface area contributed by atoms with Crippen LogP contribution in [-0.2, 0) is 4.89 Å². The SMILES string of the molecule is CCC(C)(O)OO. The van der Waals surface area contributed by atoms with Gasteiger partial charge in [0.15, 0.2) is 5.79 Å². The number of aliphatic hydroxyl groups is 1. The summed E-state index contributed by atoms with van der Waals surface area (Å²) in [5, 5.41) is 16.5. The molecule has 1 unspecified atom stereocenters. The maximum Gasteiger partial charge on any atom is 0.195 e. The fraction of sp³-hybridized carbons (Fsp3) is 1.00. The summed E-state index contributed by atoms with van der Waals surface area (Å²) in [5.74, 6) is -1.36. The maximum absolute atomic E-state index is 8.66. The normalized spacial score (nSPS) is 18.9. The van der Waals surface area contributed by atoms with E-state index >= 15 is 0 Å². The van der Waals surface area contributed by atoms with Crippen LogP contribution in [0.3, 0.4) is 0 Å². The molecule has 0 heterocycles. The highest BCUT2D eigenvalue weighted by atomic mass is 17.1. The highest BCUT2D eigenvalue weighted by molar-refractivity contribution is 4.50. The molecule has 0 aromatic carbocycles. The van der Waals surface area contributed by atoms with Gasteiger partial charge in [0.2, 0.25) is 0 Å². The Morgan fingerprint density at radius 3 is 2.14 bits per heavy atom. The number of rotatable bonds is 2. The minimum absolute atomic E-state index is 0.378. The smallest absolute Gasteiger partial charge is 0.195 e. The summed E-state index contributed by atoms with van der Waals surface area (Å²) in [6.07, 6.45) is 0.378. The predicted octanol–water partition coefficient (Wildman–Crippen LogP) is 0.595. The van der Waals surface area contributed by atoms with E-state index in [0.29, 0.717) is 6.42 Å². The molecular formula is C4H10O3. The first-order valence-electron chi connectivity index (χ1n) is 2.17. The second kappa shape index (κ2) is 2.26. The maximum atomic E-state index is 8.66. The Labute approximate surface area is 42.5 Å². The first-order valence-corrected chi connectivity index (χ1v) is 2.17. The zero-order chi connectivity index (χ0) is 5.91. The van der Waals surface area contributed by atoms with Gasteiger partial charge in [-0.05, 0) is 6.92 Å². The van der Waals surface area contributed by atoms with Crippen LogP contribution in [0.4, 0.5) is 0 Å². The van der Waals surface area contributed by atoms with Gasteiger partial charge in [0, 0.05) is 6.42 Å². The van der Waals surface area contributed by atoms with Gasteiger partial charge < -0.3 is 5.11 Å². The van der Waals surface area contributed by atoms with E-state index in [2.05, 4.69) is 4.89 Å². The molecule has 0 rings (SSSR count). The van der Waals surface area contributed by atoms with Crippen LogP contribution in [0.15, 0.2) is 0 Å². The lowest BCUT2D eigenvalue weighted by molar-refractivity contribution is -0.385. The summed E-state index contributed by atoms with van der Waals surface area (Å²) < 4.78 is 0. The Hall–Kier alpha value is -0.120. The average Bonchev–Trinajstić information content (AvgIpc) is 1.68. The largest absolute Gasteiger partial charge is 0.363 e. The van der Waals surface area contributed by atoms with E-state index in [4.69, 9.17) is 10.4 Å². The van der Waals surface area contributed by atoms with Crippen LogP contribution in [0.5, 0.6) is 0 Å². The Bertz CT molecular complexity index is 44.9. The summed E-state index contributed by atoms with van der Waals surface area (Å²) in [5.41, 5.74) is 0. The number of hydrogen-bond acceptors (Lipinski definition) is 3. The molecule has 0 aliphatic heterocycles. The van der Waals surface area contributed by atoms with Gasteiger partial charge >= 0.3 is 0 Å². The van der Waals surface area contributed by atoms with Gasteiger partial charge in [0.05, 0.1) is 0 Å². The quantitative estimate of drug-likeness (QED) is 0.308. The zero-order valence-electron chi connectivity index (χ0n) is 4.51. The van der Waals surface area contributed by atoms with Crippen molar-refractivity contribution in [1.29, 1.82) is 0 Å². The molecule has 1 atom stereocenters. The van der Waals surface area contributed by atoms with Gasteiger partial charge in [-0.25, -0.2) is 10.1 Å². The summed E-state index contributed by atoms with van der Waals surface area (Å²) in [6, 6.07) is 0. The van der Waals surface area contributed by atoms with Crippen molar-refractivity contribution in [3.63, 3.8) is 0 Å². The van der Waals surface area contributed by atoms with Crippen LogP contribution in [0.2, 0.25) is 0 Å². The molecular weight excluding hydrogens is 96.0 g/mol. The van der Waals surface area contributed by atoms with Gasteiger partial charge in [-0.1, -0.05) is 6.92 Å². The minimum atomic E-state index is -1.36. The molecule has 2 N–H and O–H groups in total. The summed E-state index contributed by atoms with van der Waals surface area (Å²) in [7, 11) is 0. The second-order valence-electron chi connectivity index (χ2n) is 1.62. The van der Waals surface area contributed by atoms with Crippen molar-refractivity contribution in [2.24, 2.45) is 0 Å². The molecule has 0 saturated heterocycles. The molecule has 44 valence electrons. The molecule has 3 nitrogen and oxygen atoms in total. The molecule has 0 aromatic rings. The molecule has 0 amide bonds. The van der Waals surface area contributed by atoms with E-state index in [1.807, 2.05) is 0 Å². The van der Waals surface area contributed by atoms with Gasteiger partial charge in [-0.3, -0.25) is 0 Å². The third-order valence-electron chi connectivity index (χ3n) is 0.853. The third-order valence-corrected chi connectivity index (χ3v) is 0.853. The molecule has 3 heteroatoms. The van der Waals surface area contributed by atoms with E-state index in [-0.39, 0.29) is 0 Å². The van der Waals surface area contributed by atoms with Gasteiger partial charge in [-0.2, -0.15) is 0 Å². The lowest BCUT2D eigenvalue weighted by atomic mass is 10.3.